The minimum absolute atomic E-state index is 0.0117. The number of ketones is 1. The fourth-order valence-electron chi connectivity index (χ4n) is 1.91. The van der Waals surface area contributed by atoms with Crippen LogP contribution < -0.4 is 0 Å². The van der Waals surface area contributed by atoms with E-state index in [1.54, 1.807) is 48.5 Å². The van der Waals surface area contributed by atoms with Gasteiger partial charge in [-0.15, -0.1) is 0 Å². The lowest BCUT2D eigenvalue weighted by atomic mass is 10.1. The number of furan rings is 1. The highest BCUT2D eigenvalue weighted by molar-refractivity contribution is 6.11. The van der Waals surface area contributed by atoms with E-state index in [4.69, 9.17) is 4.42 Å². The van der Waals surface area contributed by atoms with Crippen LogP contribution in [-0.2, 0) is 0 Å². The molecule has 1 aromatic heterocycles. The fraction of sp³-hybridized carbons (Fsp3) is 0. The second-order valence-corrected chi connectivity index (χ2v) is 3.97. The van der Waals surface area contributed by atoms with Gasteiger partial charge in [-0.05, 0) is 12.1 Å². The molecule has 18 heavy (non-hydrogen) atoms. The number of fused-ring (bicyclic) bond motifs is 1. The minimum Gasteiger partial charge on any atom is -0.504 e. The Morgan fingerprint density at radius 1 is 0.944 bits per heavy atom. The molecule has 3 rings (SSSR count). The molecule has 0 aliphatic carbocycles. The predicted octanol–water partition coefficient (Wildman–Crippen LogP) is 3.37. The monoisotopic (exact) mass is 238 g/mol. The van der Waals surface area contributed by atoms with Crippen molar-refractivity contribution in [1.29, 1.82) is 0 Å². The van der Waals surface area contributed by atoms with Gasteiger partial charge in [-0.1, -0.05) is 42.5 Å². The number of benzene rings is 2. The summed E-state index contributed by atoms with van der Waals surface area (Å²) in [5.41, 5.74) is 1.00. The fourth-order valence-corrected chi connectivity index (χ4v) is 1.91. The molecule has 3 heteroatoms. The molecule has 1 N–H and O–H groups in total. The van der Waals surface area contributed by atoms with Crippen LogP contribution in [0, 0.1) is 0 Å². The molecular weight excluding hydrogens is 228 g/mol. The molecule has 3 nitrogen and oxygen atoms in total. The highest BCUT2D eigenvalue weighted by Gasteiger charge is 2.20. The molecule has 0 saturated heterocycles. The second-order valence-electron chi connectivity index (χ2n) is 3.97. The number of hydrogen-bond donors (Lipinski definition) is 1. The van der Waals surface area contributed by atoms with Crippen molar-refractivity contribution in [2.45, 2.75) is 0 Å². The zero-order chi connectivity index (χ0) is 12.5. The lowest BCUT2D eigenvalue weighted by molar-refractivity contribution is 0.101. The summed E-state index contributed by atoms with van der Waals surface area (Å²) in [6.07, 6.45) is 0. The zero-order valence-corrected chi connectivity index (χ0v) is 9.46. The van der Waals surface area contributed by atoms with Crippen molar-refractivity contribution < 1.29 is 14.3 Å². The Bertz CT molecular complexity index is 711. The first-order valence-electron chi connectivity index (χ1n) is 5.57. The molecule has 0 aliphatic rings. The number of aromatic hydroxyl groups is 1. The lowest BCUT2D eigenvalue weighted by Crippen LogP contribution is -1.99. The van der Waals surface area contributed by atoms with Crippen molar-refractivity contribution in [3.63, 3.8) is 0 Å². The van der Waals surface area contributed by atoms with Gasteiger partial charge in [0.2, 0.25) is 11.5 Å². The number of para-hydroxylation sites is 1. The maximum Gasteiger partial charge on any atom is 0.232 e. The van der Waals surface area contributed by atoms with Gasteiger partial charge in [0.1, 0.15) is 5.58 Å². The smallest absolute Gasteiger partial charge is 0.232 e. The van der Waals surface area contributed by atoms with Crippen molar-refractivity contribution in [3.8, 4) is 5.75 Å². The Labute approximate surface area is 103 Å². The highest BCUT2D eigenvalue weighted by Crippen LogP contribution is 2.32. The Hall–Kier alpha value is -2.55. The van der Waals surface area contributed by atoms with Gasteiger partial charge in [0, 0.05) is 5.56 Å². The van der Waals surface area contributed by atoms with E-state index >= 15 is 0 Å². The van der Waals surface area contributed by atoms with E-state index in [0.717, 1.165) is 0 Å². The molecule has 1 heterocycles. The van der Waals surface area contributed by atoms with Crippen LogP contribution in [0.3, 0.4) is 0 Å². The maximum absolute atomic E-state index is 12.2. The number of hydrogen-bond acceptors (Lipinski definition) is 3. The third-order valence-corrected chi connectivity index (χ3v) is 2.81. The number of rotatable bonds is 2. The quantitative estimate of drug-likeness (QED) is 0.696. The van der Waals surface area contributed by atoms with Crippen LogP contribution in [0.25, 0.3) is 11.0 Å². The Morgan fingerprint density at radius 2 is 1.61 bits per heavy atom. The van der Waals surface area contributed by atoms with E-state index in [0.29, 0.717) is 16.5 Å². The third-order valence-electron chi connectivity index (χ3n) is 2.81. The second kappa shape index (κ2) is 4.04. The maximum atomic E-state index is 12.2. The molecule has 3 aromatic rings. The van der Waals surface area contributed by atoms with E-state index in [1.807, 2.05) is 6.07 Å². The SMILES string of the molecule is O=C(c1ccccc1)c1oc2ccccc2c1O. The molecule has 0 unspecified atom stereocenters. The predicted molar refractivity (Wildman–Crippen MR) is 67.8 cm³/mol. The molecular formula is C15H10O3. The van der Waals surface area contributed by atoms with Crippen LogP contribution in [0.4, 0.5) is 0 Å². The van der Waals surface area contributed by atoms with E-state index in [1.165, 1.54) is 0 Å². The molecule has 0 atom stereocenters. The van der Waals surface area contributed by atoms with Gasteiger partial charge in [-0.25, -0.2) is 0 Å². The molecule has 0 fully saturated rings. The van der Waals surface area contributed by atoms with Crippen LogP contribution in [0.2, 0.25) is 0 Å². The van der Waals surface area contributed by atoms with E-state index < -0.39 is 0 Å². The first-order chi connectivity index (χ1) is 8.77. The van der Waals surface area contributed by atoms with E-state index in [2.05, 4.69) is 0 Å². The first-order valence-corrected chi connectivity index (χ1v) is 5.57. The van der Waals surface area contributed by atoms with Crippen LogP contribution in [0.5, 0.6) is 5.75 Å². The summed E-state index contributed by atoms with van der Waals surface area (Å²) in [4.78, 5) is 12.2. The van der Waals surface area contributed by atoms with Crippen molar-refractivity contribution in [3.05, 3.63) is 65.9 Å². The van der Waals surface area contributed by atoms with Gasteiger partial charge in [0.25, 0.3) is 0 Å². The average molecular weight is 238 g/mol. The van der Waals surface area contributed by atoms with Gasteiger partial charge < -0.3 is 9.52 Å². The van der Waals surface area contributed by atoms with Crippen LogP contribution in [0.15, 0.2) is 59.0 Å². The third kappa shape index (κ3) is 1.57. The van der Waals surface area contributed by atoms with Gasteiger partial charge in [-0.2, -0.15) is 0 Å². The average Bonchev–Trinajstić information content (AvgIpc) is 2.77. The Morgan fingerprint density at radius 3 is 2.33 bits per heavy atom. The molecule has 0 saturated carbocycles. The van der Waals surface area contributed by atoms with Crippen molar-refractivity contribution in [1.82, 2.24) is 0 Å². The molecule has 88 valence electrons. The Kier molecular flexibility index (Phi) is 2.38. The molecule has 0 radical (unpaired) electrons. The van der Waals surface area contributed by atoms with Crippen molar-refractivity contribution >= 4 is 16.8 Å². The zero-order valence-electron chi connectivity index (χ0n) is 9.46. The summed E-state index contributed by atoms with van der Waals surface area (Å²) >= 11 is 0. The van der Waals surface area contributed by atoms with Gasteiger partial charge >= 0.3 is 0 Å². The van der Waals surface area contributed by atoms with Gasteiger partial charge in [0.15, 0.2) is 5.75 Å². The molecule has 2 aromatic carbocycles. The summed E-state index contributed by atoms with van der Waals surface area (Å²) in [5.74, 6) is -0.425. The van der Waals surface area contributed by atoms with Crippen LogP contribution >= 0.6 is 0 Å². The standard InChI is InChI=1S/C15H10O3/c16-13(10-6-2-1-3-7-10)15-14(17)11-8-4-5-9-12(11)18-15/h1-9,17H. The first kappa shape index (κ1) is 10.6. The van der Waals surface area contributed by atoms with Crippen LogP contribution in [-0.4, -0.2) is 10.9 Å². The molecule has 0 bridgehead atoms. The summed E-state index contributed by atoms with van der Waals surface area (Å²) < 4.78 is 5.42. The van der Waals surface area contributed by atoms with Crippen LogP contribution in [0.1, 0.15) is 16.1 Å². The topological polar surface area (TPSA) is 50.4 Å². The lowest BCUT2D eigenvalue weighted by Gasteiger charge is -1.97. The highest BCUT2D eigenvalue weighted by atomic mass is 16.4. The summed E-state index contributed by atoms with van der Waals surface area (Å²) in [7, 11) is 0. The van der Waals surface area contributed by atoms with Gasteiger partial charge in [-0.3, -0.25) is 4.79 Å². The van der Waals surface area contributed by atoms with E-state index in [9.17, 15) is 9.90 Å². The summed E-state index contributed by atoms with van der Waals surface area (Å²) in [5, 5.41) is 10.6. The minimum atomic E-state index is -0.315. The summed E-state index contributed by atoms with van der Waals surface area (Å²) in [6.45, 7) is 0. The van der Waals surface area contributed by atoms with Crippen molar-refractivity contribution in [2.24, 2.45) is 0 Å². The van der Waals surface area contributed by atoms with Gasteiger partial charge in [0.05, 0.1) is 5.39 Å². The van der Waals surface area contributed by atoms with E-state index in [-0.39, 0.29) is 17.3 Å². The van der Waals surface area contributed by atoms with Crippen molar-refractivity contribution in [2.75, 3.05) is 0 Å². The largest absolute Gasteiger partial charge is 0.504 e. The molecule has 0 spiro atoms. The summed E-state index contributed by atoms with van der Waals surface area (Å²) in [6, 6.07) is 15.8. The Balaban J connectivity index is 2.15. The number of carbonyl (C=O) groups excluding carboxylic acids is 1. The molecule has 0 aliphatic heterocycles. The normalized spacial score (nSPS) is 10.7. The number of carbonyl (C=O) groups is 1. The molecule has 0 amide bonds.